The fourth-order valence-corrected chi connectivity index (χ4v) is 1.62. The molecule has 0 aromatic heterocycles. The molecule has 2 atom stereocenters. The van der Waals surface area contributed by atoms with Crippen LogP contribution in [0.5, 0.6) is 0 Å². The molecule has 0 spiro atoms. The van der Waals surface area contributed by atoms with Crippen LogP contribution in [0.25, 0.3) is 0 Å². The van der Waals surface area contributed by atoms with Gasteiger partial charge in [-0.1, -0.05) is 26.2 Å². The maximum absolute atomic E-state index is 12.6. The lowest BCUT2D eigenvalue weighted by Gasteiger charge is -2.24. The largest absolute Gasteiger partial charge is 0.375 e. The Morgan fingerprint density at radius 1 is 1.33 bits per heavy atom. The first kappa shape index (κ1) is 9.97. The van der Waals surface area contributed by atoms with Crippen LogP contribution in [0.1, 0.15) is 45.4 Å². The van der Waals surface area contributed by atoms with E-state index < -0.39 is 6.17 Å². The molecule has 0 aromatic rings. The van der Waals surface area contributed by atoms with E-state index in [0.29, 0.717) is 19.1 Å². The van der Waals surface area contributed by atoms with Crippen molar-refractivity contribution in [2.24, 2.45) is 0 Å². The average molecular weight is 174 g/mol. The van der Waals surface area contributed by atoms with Crippen LogP contribution in [0.3, 0.4) is 0 Å². The van der Waals surface area contributed by atoms with Gasteiger partial charge in [0.15, 0.2) is 0 Å². The fraction of sp³-hybridized carbons (Fsp3) is 1.00. The van der Waals surface area contributed by atoms with Gasteiger partial charge >= 0.3 is 0 Å². The normalized spacial score (nSPS) is 30.5. The number of hydrogen-bond donors (Lipinski definition) is 0. The second-order valence-corrected chi connectivity index (χ2v) is 3.63. The van der Waals surface area contributed by atoms with Gasteiger partial charge in [0.1, 0.15) is 6.17 Å². The Morgan fingerprint density at radius 3 is 2.75 bits per heavy atom. The van der Waals surface area contributed by atoms with Crippen molar-refractivity contribution in [3.8, 4) is 0 Å². The summed E-state index contributed by atoms with van der Waals surface area (Å²) in [5.74, 6) is 0. The van der Waals surface area contributed by atoms with Crippen LogP contribution in [-0.2, 0) is 4.74 Å². The maximum atomic E-state index is 12.6. The highest BCUT2D eigenvalue weighted by Gasteiger charge is 2.20. The van der Waals surface area contributed by atoms with Gasteiger partial charge in [-0.05, 0) is 19.3 Å². The van der Waals surface area contributed by atoms with Gasteiger partial charge in [0.05, 0.1) is 12.7 Å². The summed E-state index contributed by atoms with van der Waals surface area (Å²) in [6.07, 6.45) is 6.16. The summed E-state index contributed by atoms with van der Waals surface area (Å²) in [5.41, 5.74) is 0. The van der Waals surface area contributed by atoms with Crippen molar-refractivity contribution in [2.45, 2.75) is 57.7 Å². The molecule has 2 heteroatoms. The smallest absolute Gasteiger partial charge is 0.123 e. The first-order valence-electron chi connectivity index (χ1n) is 5.08. The monoisotopic (exact) mass is 174 g/mol. The quantitative estimate of drug-likeness (QED) is 0.595. The Bertz CT molecular complexity index is 108. The summed E-state index contributed by atoms with van der Waals surface area (Å²) < 4.78 is 18.0. The molecule has 0 saturated carbocycles. The molecule has 0 amide bonds. The van der Waals surface area contributed by atoms with E-state index in [1.807, 2.05) is 0 Å². The van der Waals surface area contributed by atoms with E-state index in [0.717, 1.165) is 12.8 Å². The number of rotatable bonds is 4. The SMILES string of the molecule is CCCCC[C@@H]1CC[C@@H](F)CO1. The molecule has 0 aromatic carbocycles. The molecule has 1 aliphatic heterocycles. The predicted octanol–water partition coefficient (Wildman–Crippen LogP) is 3.08. The minimum atomic E-state index is -0.701. The van der Waals surface area contributed by atoms with E-state index in [4.69, 9.17) is 4.74 Å². The highest BCUT2D eigenvalue weighted by Crippen LogP contribution is 2.20. The second-order valence-electron chi connectivity index (χ2n) is 3.63. The minimum Gasteiger partial charge on any atom is -0.375 e. The fourth-order valence-electron chi connectivity index (χ4n) is 1.62. The number of ether oxygens (including phenoxy) is 1. The van der Waals surface area contributed by atoms with Crippen molar-refractivity contribution in [3.05, 3.63) is 0 Å². The van der Waals surface area contributed by atoms with Gasteiger partial charge in [-0.2, -0.15) is 0 Å². The van der Waals surface area contributed by atoms with E-state index >= 15 is 0 Å². The summed E-state index contributed by atoms with van der Waals surface area (Å²) in [6.45, 7) is 2.52. The Kier molecular flexibility index (Phi) is 4.59. The third-order valence-electron chi connectivity index (χ3n) is 2.44. The Labute approximate surface area is 74.3 Å². The number of halogens is 1. The van der Waals surface area contributed by atoms with Gasteiger partial charge in [0.25, 0.3) is 0 Å². The van der Waals surface area contributed by atoms with Gasteiger partial charge < -0.3 is 4.74 Å². The van der Waals surface area contributed by atoms with Crippen LogP contribution in [0.4, 0.5) is 4.39 Å². The minimum absolute atomic E-state index is 0.330. The van der Waals surface area contributed by atoms with Crippen molar-refractivity contribution < 1.29 is 9.13 Å². The van der Waals surface area contributed by atoms with Crippen molar-refractivity contribution in [3.63, 3.8) is 0 Å². The molecule has 1 nitrogen and oxygen atoms in total. The van der Waals surface area contributed by atoms with Crippen LogP contribution in [0, 0.1) is 0 Å². The van der Waals surface area contributed by atoms with Crippen molar-refractivity contribution in [2.75, 3.05) is 6.61 Å². The first-order valence-corrected chi connectivity index (χ1v) is 5.08. The zero-order valence-electron chi connectivity index (χ0n) is 7.89. The van der Waals surface area contributed by atoms with Gasteiger partial charge in [-0.3, -0.25) is 0 Å². The molecule has 1 fully saturated rings. The molecule has 1 saturated heterocycles. The lowest BCUT2D eigenvalue weighted by molar-refractivity contribution is -0.0309. The Morgan fingerprint density at radius 2 is 2.17 bits per heavy atom. The number of unbranched alkanes of at least 4 members (excludes halogenated alkanes) is 2. The van der Waals surface area contributed by atoms with Crippen LogP contribution in [-0.4, -0.2) is 18.9 Å². The van der Waals surface area contributed by atoms with E-state index in [1.165, 1.54) is 19.3 Å². The molecule has 0 unspecified atom stereocenters. The van der Waals surface area contributed by atoms with E-state index in [9.17, 15) is 4.39 Å². The molecule has 1 aliphatic rings. The summed E-state index contributed by atoms with van der Waals surface area (Å²) in [6, 6.07) is 0. The topological polar surface area (TPSA) is 9.23 Å². The molecule has 0 N–H and O–H groups in total. The Balaban J connectivity index is 2.01. The molecule has 0 aliphatic carbocycles. The van der Waals surface area contributed by atoms with E-state index in [1.54, 1.807) is 0 Å². The van der Waals surface area contributed by atoms with Crippen LogP contribution < -0.4 is 0 Å². The van der Waals surface area contributed by atoms with Gasteiger partial charge in [-0.15, -0.1) is 0 Å². The van der Waals surface area contributed by atoms with E-state index in [-0.39, 0.29) is 0 Å². The Hall–Kier alpha value is -0.110. The summed E-state index contributed by atoms with van der Waals surface area (Å²) in [5, 5.41) is 0. The molecule has 0 radical (unpaired) electrons. The molecule has 12 heavy (non-hydrogen) atoms. The highest BCUT2D eigenvalue weighted by molar-refractivity contribution is 4.69. The number of alkyl halides is 1. The summed E-state index contributed by atoms with van der Waals surface area (Å²) in [4.78, 5) is 0. The zero-order valence-corrected chi connectivity index (χ0v) is 7.89. The molecular weight excluding hydrogens is 155 g/mol. The molecule has 1 rings (SSSR count). The van der Waals surface area contributed by atoms with Gasteiger partial charge in [0.2, 0.25) is 0 Å². The second kappa shape index (κ2) is 5.52. The van der Waals surface area contributed by atoms with Crippen molar-refractivity contribution in [1.29, 1.82) is 0 Å². The first-order chi connectivity index (χ1) is 5.83. The molecule has 72 valence electrons. The van der Waals surface area contributed by atoms with Crippen LogP contribution >= 0.6 is 0 Å². The van der Waals surface area contributed by atoms with E-state index in [2.05, 4.69) is 6.92 Å². The maximum Gasteiger partial charge on any atom is 0.123 e. The van der Waals surface area contributed by atoms with Gasteiger partial charge in [-0.25, -0.2) is 4.39 Å². The molecule has 0 bridgehead atoms. The van der Waals surface area contributed by atoms with Crippen molar-refractivity contribution in [1.82, 2.24) is 0 Å². The summed E-state index contributed by atoms with van der Waals surface area (Å²) >= 11 is 0. The van der Waals surface area contributed by atoms with Crippen molar-refractivity contribution >= 4 is 0 Å². The van der Waals surface area contributed by atoms with Gasteiger partial charge in [0, 0.05) is 0 Å². The zero-order chi connectivity index (χ0) is 8.81. The third-order valence-corrected chi connectivity index (χ3v) is 2.44. The highest BCUT2D eigenvalue weighted by atomic mass is 19.1. The molecule has 1 heterocycles. The van der Waals surface area contributed by atoms with Crippen LogP contribution in [0.15, 0.2) is 0 Å². The summed E-state index contributed by atoms with van der Waals surface area (Å²) in [7, 11) is 0. The molecular formula is C10H19FO. The number of hydrogen-bond acceptors (Lipinski definition) is 1. The van der Waals surface area contributed by atoms with Crippen LogP contribution in [0.2, 0.25) is 0 Å². The lowest BCUT2D eigenvalue weighted by Crippen LogP contribution is -2.26. The standard InChI is InChI=1S/C10H19FO/c1-2-3-4-5-10-7-6-9(11)8-12-10/h9-10H,2-8H2,1H3/t9-,10-/m1/s1. The average Bonchev–Trinajstić information content (AvgIpc) is 2.09. The lowest BCUT2D eigenvalue weighted by atomic mass is 10.0. The third kappa shape index (κ3) is 3.53. The predicted molar refractivity (Wildman–Crippen MR) is 48.0 cm³/mol.